The second-order valence-corrected chi connectivity index (χ2v) is 2.76. The van der Waals surface area contributed by atoms with Gasteiger partial charge in [0.1, 0.15) is 17.5 Å². The Morgan fingerprint density at radius 2 is 2.20 bits per heavy atom. The van der Waals surface area contributed by atoms with Crippen LogP contribution in [0.4, 0.5) is 0 Å². The topological polar surface area (TPSA) is 97.5 Å². The highest BCUT2D eigenvalue weighted by molar-refractivity contribution is 5.86. The van der Waals surface area contributed by atoms with E-state index in [1.54, 1.807) is 0 Å². The van der Waals surface area contributed by atoms with E-state index in [2.05, 4.69) is 9.97 Å². The molecule has 0 aliphatic carbocycles. The average molecular weight is 209 g/mol. The van der Waals surface area contributed by atoms with Crippen LogP contribution < -0.4 is 10.3 Å². The van der Waals surface area contributed by atoms with Gasteiger partial charge in [0, 0.05) is 6.07 Å². The van der Waals surface area contributed by atoms with Crippen molar-refractivity contribution < 1.29 is 15.1 Å². The molecule has 2 heterocycles. The van der Waals surface area contributed by atoms with E-state index in [0.29, 0.717) is 4.73 Å². The molecule has 7 heteroatoms. The number of nitrogens with zero attached hydrogens (tertiary/aromatic N) is 3. The monoisotopic (exact) mass is 209 g/mol. The number of aromatic nitrogens is 3. The maximum atomic E-state index is 11.1. The molecule has 0 aliphatic rings. The zero-order chi connectivity index (χ0) is 11.0. The predicted octanol–water partition coefficient (Wildman–Crippen LogP) is -0.257. The Hall–Kier alpha value is -2.31. The lowest BCUT2D eigenvalue weighted by atomic mass is 10.3. The molecule has 2 rings (SSSR count). The number of hydrogen-bond donors (Lipinski definition) is 2. The van der Waals surface area contributed by atoms with Crippen LogP contribution >= 0.6 is 0 Å². The summed E-state index contributed by atoms with van der Waals surface area (Å²) in [6.45, 7) is 0. The van der Waals surface area contributed by atoms with E-state index in [1.807, 2.05) is 0 Å². The first-order valence-electron chi connectivity index (χ1n) is 3.98. The highest BCUT2D eigenvalue weighted by atomic mass is 16.5. The van der Waals surface area contributed by atoms with Crippen LogP contribution in [0.5, 0.6) is 11.6 Å². The predicted molar refractivity (Wildman–Crippen MR) is 49.2 cm³/mol. The molecular weight excluding hydrogens is 202 g/mol. The summed E-state index contributed by atoms with van der Waals surface area (Å²) >= 11 is 0. The second kappa shape index (κ2) is 3.12. The van der Waals surface area contributed by atoms with Crippen molar-refractivity contribution in [2.24, 2.45) is 0 Å². The van der Waals surface area contributed by atoms with Crippen molar-refractivity contribution >= 4 is 11.0 Å². The first-order chi connectivity index (χ1) is 7.15. The molecule has 78 valence electrons. The van der Waals surface area contributed by atoms with Gasteiger partial charge in [0.05, 0.1) is 7.11 Å². The van der Waals surface area contributed by atoms with Gasteiger partial charge in [-0.3, -0.25) is 4.79 Å². The fourth-order valence-corrected chi connectivity index (χ4v) is 1.25. The number of hydrogen-bond acceptors (Lipinski definition) is 6. The van der Waals surface area contributed by atoms with Crippen molar-refractivity contribution in [3.8, 4) is 11.6 Å². The smallest absolute Gasteiger partial charge is 0.288 e. The van der Waals surface area contributed by atoms with Crippen LogP contribution in [0.1, 0.15) is 0 Å². The number of fused-ring (bicyclic) bond motifs is 1. The number of ether oxygens (including phenoxy) is 1. The van der Waals surface area contributed by atoms with E-state index in [9.17, 15) is 15.1 Å². The summed E-state index contributed by atoms with van der Waals surface area (Å²) in [7, 11) is 1.36. The summed E-state index contributed by atoms with van der Waals surface area (Å²) in [4.78, 5) is 18.5. The van der Waals surface area contributed by atoms with Gasteiger partial charge in [-0.15, -0.1) is 4.73 Å². The van der Waals surface area contributed by atoms with Crippen molar-refractivity contribution in [1.29, 1.82) is 0 Å². The Balaban J connectivity index is 3.01. The Labute approximate surface area is 83.2 Å². The standard InChI is InChI=1S/C8H7N3O4/c1-15-8-6-4(12)2-5(13)11(14)7(6)9-3-10-8/h2-3,12,14H,1H3. The van der Waals surface area contributed by atoms with Crippen LogP contribution in [-0.2, 0) is 0 Å². The summed E-state index contributed by atoms with van der Waals surface area (Å²) in [5.41, 5.74) is -0.882. The molecule has 2 N–H and O–H groups in total. The average Bonchev–Trinajstić information content (AvgIpc) is 2.25. The molecule has 0 spiro atoms. The highest BCUT2D eigenvalue weighted by Crippen LogP contribution is 2.27. The van der Waals surface area contributed by atoms with Crippen LogP contribution in [-0.4, -0.2) is 32.1 Å². The third-order valence-electron chi connectivity index (χ3n) is 1.91. The van der Waals surface area contributed by atoms with Gasteiger partial charge in [-0.2, -0.15) is 0 Å². The molecule has 7 nitrogen and oxygen atoms in total. The molecule has 0 unspecified atom stereocenters. The Bertz CT molecular complexity index is 578. The minimum atomic E-state index is -0.777. The van der Waals surface area contributed by atoms with Gasteiger partial charge < -0.3 is 15.1 Å². The Kier molecular flexibility index (Phi) is 1.93. The molecule has 0 aromatic carbocycles. The maximum Gasteiger partial charge on any atom is 0.288 e. The number of rotatable bonds is 1. The number of aromatic hydroxyl groups is 1. The van der Waals surface area contributed by atoms with Gasteiger partial charge in [-0.25, -0.2) is 9.97 Å². The van der Waals surface area contributed by atoms with E-state index < -0.39 is 5.56 Å². The fourth-order valence-electron chi connectivity index (χ4n) is 1.25. The van der Waals surface area contributed by atoms with E-state index in [1.165, 1.54) is 7.11 Å². The van der Waals surface area contributed by atoms with E-state index in [-0.39, 0.29) is 22.7 Å². The van der Waals surface area contributed by atoms with E-state index in [0.717, 1.165) is 12.4 Å². The maximum absolute atomic E-state index is 11.1. The molecule has 2 aromatic rings. The quantitative estimate of drug-likeness (QED) is 0.628. The summed E-state index contributed by atoms with van der Waals surface area (Å²) in [6.07, 6.45) is 1.12. The molecule has 15 heavy (non-hydrogen) atoms. The molecule has 0 radical (unpaired) electrons. The van der Waals surface area contributed by atoms with Crippen molar-refractivity contribution in [2.45, 2.75) is 0 Å². The molecule has 0 fully saturated rings. The lowest BCUT2D eigenvalue weighted by molar-refractivity contribution is 0.185. The van der Waals surface area contributed by atoms with E-state index in [4.69, 9.17) is 4.74 Å². The lowest BCUT2D eigenvalue weighted by Crippen LogP contribution is -2.17. The van der Waals surface area contributed by atoms with Crippen molar-refractivity contribution in [3.63, 3.8) is 0 Å². The van der Waals surface area contributed by atoms with Crippen molar-refractivity contribution in [3.05, 3.63) is 22.7 Å². The van der Waals surface area contributed by atoms with E-state index >= 15 is 0 Å². The Morgan fingerprint density at radius 3 is 2.87 bits per heavy atom. The van der Waals surface area contributed by atoms with Gasteiger partial charge in [-0.05, 0) is 0 Å². The van der Waals surface area contributed by atoms with Crippen LogP contribution in [0, 0.1) is 0 Å². The molecule has 0 saturated heterocycles. The summed E-state index contributed by atoms with van der Waals surface area (Å²) in [5.74, 6) is -0.252. The molecule has 2 aromatic heterocycles. The zero-order valence-corrected chi connectivity index (χ0v) is 7.71. The van der Waals surface area contributed by atoms with Crippen LogP contribution in [0.15, 0.2) is 17.2 Å². The minimum Gasteiger partial charge on any atom is -0.507 e. The third kappa shape index (κ3) is 1.25. The van der Waals surface area contributed by atoms with Gasteiger partial charge in [0.15, 0.2) is 5.65 Å². The number of methoxy groups -OCH3 is 1. The summed E-state index contributed by atoms with van der Waals surface area (Å²) in [5, 5.41) is 18.9. The van der Waals surface area contributed by atoms with Crippen molar-refractivity contribution in [2.75, 3.05) is 7.11 Å². The first-order valence-corrected chi connectivity index (χ1v) is 3.98. The number of pyridine rings is 1. The van der Waals surface area contributed by atoms with Gasteiger partial charge in [-0.1, -0.05) is 0 Å². The molecule has 0 atom stereocenters. The largest absolute Gasteiger partial charge is 0.507 e. The van der Waals surface area contributed by atoms with Crippen molar-refractivity contribution in [1.82, 2.24) is 14.7 Å². The zero-order valence-electron chi connectivity index (χ0n) is 7.71. The SMILES string of the molecule is COc1ncnc2c1c(O)cc(=O)n2O. The van der Waals surface area contributed by atoms with Crippen LogP contribution in [0.25, 0.3) is 11.0 Å². The second-order valence-electron chi connectivity index (χ2n) is 2.76. The lowest BCUT2D eigenvalue weighted by Gasteiger charge is -2.06. The van der Waals surface area contributed by atoms with Gasteiger partial charge in [0.2, 0.25) is 5.88 Å². The summed E-state index contributed by atoms with van der Waals surface area (Å²) in [6, 6.07) is 0.855. The van der Waals surface area contributed by atoms with Crippen LogP contribution in [0.3, 0.4) is 0 Å². The van der Waals surface area contributed by atoms with Gasteiger partial charge >= 0.3 is 0 Å². The fraction of sp³-hybridized carbons (Fsp3) is 0.125. The first kappa shape index (κ1) is 9.25. The molecule has 0 saturated carbocycles. The van der Waals surface area contributed by atoms with Crippen LogP contribution in [0.2, 0.25) is 0 Å². The molecular formula is C8H7N3O4. The third-order valence-corrected chi connectivity index (χ3v) is 1.91. The molecule has 0 aliphatic heterocycles. The van der Waals surface area contributed by atoms with Gasteiger partial charge in [0.25, 0.3) is 5.56 Å². The molecule has 0 amide bonds. The summed E-state index contributed by atoms with van der Waals surface area (Å²) < 4.78 is 5.18. The highest BCUT2D eigenvalue weighted by Gasteiger charge is 2.13. The molecule has 0 bridgehead atoms. The Morgan fingerprint density at radius 1 is 1.47 bits per heavy atom. The normalized spacial score (nSPS) is 10.5. The minimum absolute atomic E-state index is 0.0836.